The van der Waals surface area contributed by atoms with Crippen LogP contribution in [0.3, 0.4) is 0 Å². The van der Waals surface area contributed by atoms with Crippen molar-refractivity contribution in [2.45, 2.75) is 57.5 Å². The zero-order valence-electron chi connectivity index (χ0n) is 12.9. The van der Waals surface area contributed by atoms with E-state index in [1.807, 2.05) is 4.68 Å². The quantitative estimate of drug-likeness (QED) is 0.461. The minimum atomic E-state index is 0.0555. The molecule has 6 heteroatoms. The van der Waals surface area contributed by atoms with Crippen LogP contribution in [0.2, 0.25) is 5.02 Å². The first-order valence-electron chi connectivity index (χ1n) is 7.92. The van der Waals surface area contributed by atoms with Gasteiger partial charge in [-0.1, -0.05) is 50.1 Å². The van der Waals surface area contributed by atoms with Gasteiger partial charge in [0, 0.05) is 7.11 Å². The predicted octanol–water partition coefficient (Wildman–Crippen LogP) is 3.05. The summed E-state index contributed by atoms with van der Waals surface area (Å²) >= 11 is 6.33. The first-order chi connectivity index (χ1) is 10.3. The second kappa shape index (κ2) is 8.73. The fourth-order valence-electron chi connectivity index (χ4n) is 3.27. The van der Waals surface area contributed by atoms with Gasteiger partial charge in [-0.05, 0) is 12.3 Å². The molecular formula is C15H27ClN4O. The number of nitrogens with two attached hydrogens (primary N) is 1. The van der Waals surface area contributed by atoms with Crippen molar-refractivity contribution in [1.82, 2.24) is 15.2 Å². The highest BCUT2D eigenvalue weighted by atomic mass is 35.5. The Balaban J connectivity index is 2.06. The molecule has 0 aliphatic heterocycles. The Kier molecular flexibility index (Phi) is 6.96. The van der Waals surface area contributed by atoms with Gasteiger partial charge in [-0.15, -0.1) is 0 Å². The van der Waals surface area contributed by atoms with E-state index < -0.39 is 0 Å². The fourth-order valence-corrected chi connectivity index (χ4v) is 3.54. The third-order valence-corrected chi connectivity index (χ3v) is 4.71. The molecule has 3 N–H and O–H groups in total. The van der Waals surface area contributed by atoms with Gasteiger partial charge in [0.05, 0.1) is 36.1 Å². The Morgan fingerprint density at radius 3 is 2.76 bits per heavy atom. The highest BCUT2D eigenvalue weighted by Gasteiger charge is 2.23. The number of nitrogens with zero attached hydrogens (tertiary/aromatic N) is 2. The van der Waals surface area contributed by atoms with Crippen LogP contribution in [0.4, 0.5) is 0 Å². The van der Waals surface area contributed by atoms with Crippen molar-refractivity contribution in [2.75, 3.05) is 13.7 Å². The molecule has 1 heterocycles. The summed E-state index contributed by atoms with van der Waals surface area (Å²) in [6, 6.07) is 0.0555. The Hall–Kier alpha value is -0.620. The molecule has 0 spiro atoms. The van der Waals surface area contributed by atoms with Crippen molar-refractivity contribution < 1.29 is 4.74 Å². The number of halogens is 1. The van der Waals surface area contributed by atoms with E-state index in [0.29, 0.717) is 18.2 Å². The van der Waals surface area contributed by atoms with Crippen LogP contribution >= 0.6 is 11.6 Å². The molecule has 1 fully saturated rings. The maximum Gasteiger partial charge on any atom is 0.0834 e. The predicted molar refractivity (Wildman–Crippen MR) is 85.0 cm³/mol. The van der Waals surface area contributed by atoms with Crippen LogP contribution in [0.25, 0.3) is 0 Å². The van der Waals surface area contributed by atoms with Gasteiger partial charge < -0.3 is 4.74 Å². The third kappa shape index (κ3) is 4.68. The highest BCUT2D eigenvalue weighted by Crippen LogP contribution is 2.33. The summed E-state index contributed by atoms with van der Waals surface area (Å²) in [5, 5.41) is 5.03. The zero-order valence-corrected chi connectivity index (χ0v) is 13.6. The average molecular weight is 315 g/mol. The molecule has 1 aliphatic rings. The van der Waals surface area contributed by atoms with Crippen molar-refractivity contribution in [3.8, 4) is 0 Å². The lowest BCUT2D eigenvalue weighted by molar-refractivity contribution is 0.181. The fraction of sp³-hybridized carbons (Fsp3) is 0.800. The topological polar surface area (TPSA) is 65.1 Å². The number of rotatable bonds is 7. The molecule has 5 nitrogen and oxygen atoms in total. The molecule has 21 heavy (non-hydrogen) atoms. The number of nitrogens with one attached hydrogen (secondary N) is 1. The van der Waals surface area contributed by atoms with Crippen molar-refractivity contribution in [3.05, 3.63) is 16.9 Å². The molecule has 0 aromatic carbocycles. The first kappa shape index (κ1) is 16.7. The smallest absolute Gasteiger partial charge is 0.0834 e. The van der Waals surface area contributed by atoms with Gasteiger partial charge in [0.15, 0.2) is 0 Å². The maximum absolute atomic E-state index is 6.33. The standard InChI is InChI=1S/C15H27ClN4O/c1-21-9-8-20-15(13(16)11-18-20)14(19-17)10-12-6-4-2-3-5-7-12/h11-12,14,19H,2-10,17H2,1H3. The second-order valence-corrected chi connectivity index (χ2v) is 6.31. The van der Waals surface area contributed by atoms with E-state index in [4.69, 9.17) is 22.2 Å². The number of ether oxygens (including phenoxy) is 1. The monoisotopic (exact) mass is 314 g/mol. The van der Waals surface area contributed by atoms with E-state index in [0.717, 1.165) is 18.0 Å². The van der Waals surface area contributed by atoms with Crippen LogP contribution in [-0.2, 0) is 11.3 Å². The summed E-state index contributed by atoms with van der Waals surface area (Å²) in [5.41, 5.74) is 3.93. The van der Waals surface area contributed by atoms with Gasteiger partial charge in [0.2, 0.25) is 0 Å². The molecule has 0 saturated heterocycles. The summed E-state index contributed by atoms with van der Waals surface area (Å²) in [4.78, 5) is 0. The highest BCUT2D eigenvalue weighted by molar-refractivity contribution is 6.31. The summed E-state index contributed by atoms with van der Waals surface area (Å²) in [6.45, 7) is 1.31. The maximum atomic E-state index is 6.33. The van der Waals surface area contributed by atoms with Crippen LogP contribution in [0, 0.1) is 5.92 Å². The van der Waals surface area contributed by atoms with Crippen molar-refractivity contribution in [2.24, 2.45) is 11.8 Å². The number of hydrogen-bond donors (Lipinski definition) is 2. The van der Waals surface area contributed by atoms with Gasteiger partial charge in [0.1, 0.15) is 0 Å². The molecule has 1 saturated carbocycles. The summed E-state index contributed by atoms with van der Waals surface area (Å²) in [5.74, 6) is 6.52. The Bertz CT molecular complexity index is 416. The summed E-state index contributed by atoms with van der Waals surface area (Å²) in [6.07, 6.45) is 10.7. The van der Waals surface area contributed by atoms with Gasteiger partial charge in [-0.2, -0.15) is 5.10 Å². The van der Waals surface area contributed by atoms with Gasteiger partial charge >= 0.3 is 0 Å². The van der Waals surface area contributed by atoms with E-state index >= 15 is 0 Å². The van der Waals surface area contributed by atoms with E-state index in [1.54, 1.807) is 13.3 Å². The van der Waals surface area contributed by atoms with Crippen LogP contribution in [0.1, 0.15) is 56.7 Å². The minimum Gasteiger partial charge on any atom is -0.383 e. The van der Waals surface area contributed by atoms with Gasteiger partial charge in [-0.3, -0.25) is 16.0 Å². The van der Waals surface area contributed by atoms with E-state index in [9.17, 15) is 0 Å². The average Bonchev–Trinajstić information content (AvgIpc) is 2.70. The SMILES string of the molecule is COCCn1ncc(Cl)c1C(CC1CCCCCC1)NN. The lowest BCUT2D eigenvalue weighted by atomic mass is 9.91. The minimum absolute atomic E-state index is 0.0555. The molecule has 1 aromatic rings. The molecule has 120 valence electrons. The van der Waals surface area contributed by atoms with E-state index in [1.165, 1.54) is 38.5 Å². The molecule has 1 atom stereocenters. The van der Waals surface area contributed by atoms with Crippen LogP contribution in [-0.4, -0.2) is 23.5 Å². The van der Waals surface area contributed by atoms with Gasteiger partial charge in [0.25, 0.3) is 0 Å². The third-order valence-electron chi connectivity index (χ3n) is 4.42. The molecule has 0 amide bonds. The molecular weight excluding hydrogens is 288 g/mol. The Labute approximate surface area is 132 Å². The molecule has 1 unspecified atom stereocenters. The second-order valence-electron chi connectivity index (χ2n) is 5.91. The number of aromatic nitrogens is 2. The first-order valence-corrected chi connectivity index (χ1v) is 8.30. The Morgan fingerprint density at radius 1 is 1.43 bits per heavy atom. The van der Waals surface area contributed by atoms with E-state index in [2.05, 4.69) is 10.5 Å². The summed E-state index contributed by atoms with van der Waals surface area (Å²) < 4.78 is 7.04. The van der Waals surface area contributed by atoms with Crippen LogP contribution < -0.4 is 11.3 Å². The van der Waals surface area contributed by atoms with Crippen LogP contribution in [0.15, 0.2) is 6.20 Å². The van der Waals surface area contributed by atoms with Gasteiger partial charge in [-0.25, -0.2) is 0 Å². The lowest BCUT2D eigenvalue weighted by Crippen LogP contribution is -2.32. The number of hydrazine groups is 1. The molecule has 2 rings (SSSR count). The number of methoxy groups -OCH3 is 1. The van der Waals surface area contributed by atoms with E-state index in [-0.39, 0.29) is 6.04 Å². The number of hydrogen-bond acceptors (Lipinski definition) is 4. The van der Waals surface area contributed by atoms with Crippen molar-refractivity contribution in [3.63, 3.8) is 0 Å². The normalized spacial score (nSPS) is 18.6. The zero-order chi connectivity index (χ0) is 15.1. The molecule has 1 aromatic heterocycles. The molecule has 1 aliphatic carbocycles. The van der Waals surface area contributed by atoms with Crippen LogP contribution in [0.5, 0.6) is 0 Å². The lowest BCUT2D eigenvalue weighted by Gasteiger charge is -2.23. The largest absolute Gasteiger partial charge is 0.383 e. The Morgan fingerprint density at radius 2 is 2.14 bits per heavy atom. The van der Waals surface area contributed by atoms with Crippen molar-refractivity contribution in [1.29, 1.82) is 0 Å². The molecule has 0 radical (unpaired) electrons. The summed E-state index contributed by atoms with van der Waals surface area (Å²) in [7, 11) is 1.69. The molecule has 0 bridgehead atoms. The van der Waals surface area contributed by atoms with Crippen molar-refractivity contribution >= 4 is 11.6 Å².